The van der Waals surface area contributed by atoms with Crippen molar-refractivity contribution in [3.05, 3.63) is 22.9 Å². The van der Waals surface area contributed by atoms with Crippen molar-refractivity contribution in [1.29, 1.82) is 0 Å². The second-order valence-electron chi connectivity index (χ2n) is 3.46. The highest BCUT2D eigenvalue weighted by Gasteiger charge is 2.24. The van der Waals surface area contributed by atoms with E-state index in [2.05, 4.69) is 31.0 Å². The van der Waals surface area contributed by atoms with Crippen molar-refractivity contribution in [2.45, 2.75) is 6.42 Å². The van der Waals surface area contributed by atoms with Gasteiger partial charge in [0.1, 0.15) is 4.60 Å². The van der Waals surface area contributed by atoms with Crippen LogP contribution in [0.1, 0.15) is 6.42 Å². The van der Waals surface area contributed by atoms with E-state index in [4.69, 9.17) is 0 Å². The zero-order valence-electron chi connectivity index (χ0n) is 8.85. The number of nitrogens with one attached hydrogen (secondary N) is 1. The Labute approximate surface area is 106 Å². The molecular weight excluding hydrogens is 290 g/mol. The van der Waals surface area contributed by atoms with Gasteiger partial charge in [0.15, 0.2) is 0 Å². The first-order valence-electron chi connectivity index (χ1n) is 5.05. The van der Waals surface area contributed by atoms with Gasteiger partial charge >= 0.3 is 12.2 Å². The predicted octanol–water partition coefficient (Wildman–Crippen LogP) is 2.22. The number of rotatable bonds is 1. The first kappa shape index (κ1) is 11.8. The molecule has 2 heterocycles. The molecule has 0 aliphatic carbocycles. The van der Waals surface area contributed by atoms with Gasteiger partial charge in [0.25, 0.3) is 0 Å². The number of amides is 2. The van der Waals surface area contributed by atoms with Crippen molar-refractivity contribution >= 4 is 33.8 Å². The minimum absolute atomic E-state index is 0.453. The topological polar surface area (TPSA) is 71.5 Å². The molecule has 1 aromatic heterocycles. The minimum Gasteiger partial charge on any atom is -0.359 e. The van der Waals surface area contributed by atoms with Crippen LogP contribution in [0.5, 0.6) is 0 Å². The number of halogens is 1. The van der Waals surface area contributed by atoms with Crippen LogP contribution in [0, 0.1) is 0 Å². The number of nitrogens with zero attached hydrogens (tertiary/aromatic N) is 2. The van der Waals surface area contributed by atoms with E-state index in [0.29, 0.717) is 23.4 Å². The smallest absolute Gasteiger partial charge is 0.359 e. The highest BCUT2D eigenvalue weighted by Crippen LogP contribution is 2.18. The van der Waals surface area contributed by atoms with E-state index in [0.717, 1.165) is 6.42 Å². The van der Waals surface area contributed by atoms with Gasteiger partial charge < -0.3 is 9.64 Å². The quantitative estimate of drug-likeness (QED) is 0.637. The molecule has 1 aromatic rings. The van der Waals surface area contributed by atoms with E-state index < -0.39 is 12.2 Å². The monoisotopic (exact) mass is 299 g/mol. The summed E-state index contributed by atoms with van der Waals surface area (Å²) in [4.78, 5) is 28.1. The average Bonchev–Trinajstić information content (AvgIpc) is 2.18. The van der Waals surface area contributed by atoms with E-state index in [1.165, 1.54) is 4.90 Å². The first-order valence-corrected chi connectivity index (χ1v) is 5.84. The van der Waals surface area contributed by atoms with E-state index in [9.17, 15) is 9.59 Å². The molecule has 0 unspecified atom stereocenters. The standard InChI is InChI=1S/C10H10BrN3O3/c11-8-7(3-1-4-12-8)13-9(15)17-10(16)14-5-2-6-14/h1,3-4H,2,5-6H2,(H,13,15). The molecule has 0 aromatic carbocycles. The molecule has 7 heteroatoms. The summed E-state index contributed by atoms with van der Waals surface area (Å²) in [6.45, 7) is 1.28. The molecule has 2 amide bonds. The molecule has 0 spiro atoms. The van der Waals surface area contributed by atoms with E-state index in [-0.39, 0.29) is 0 Å². The SMILES string of the molecule is O=C(Nc1cccnc1Br)OC(=O)N1CCC1. The van der Waals surface area contributed by atoms with Crippen molar-refractivity contribution in [2.24, 2.45) is 0 Å². The Morgan fingerprint density at radius 2 is 2.24 bits per heavy atom. The summed E-state index contributed by atoms with van der Waals surface area (Å²) < 4.78 is 5.08. The van der Waals surface area contributed by atoms with Crippen LogP contribution in [0.15, 0.2) is 22.9 Å². The van der Waals surface area contributed by atoms with Crippen molar-refractivity contribution < 1.29 is 14.3 Å². The second-order valence-corrected chi connectivity index (χ2v) is 4.21. The molecule has 0 atom stereocenters. The molecule has 0 bridgehead atoms. The predicted molar refractivity (Wildman–Crippen MR) is 63.6 cm³/mol. The maximum atomic E-state index is 11.4. The molecule has 0 radical (unpaired) electrons. The Morgan fingerprint density at radius 1 is 1.47 bits per heavy atom. The lowest BCUT2D eigenvalue weighted by atomic mass is 10.2. The van der Waals surface area contributed by atoms with Crippen LogP contribution in [-0.4, -0.2) is 35.2 Å². The van der Waals surface area contributed by atoms with Crippen LogP contribution in [0.2, 0.25) is 0 Å². The van der Waals surface area contributed by atoms with Crippen LogP contribution in [-0.2, 0) is 4.74 Å². The fraction of sp³-hybridized carbons (Fsp3) is 0.300. The lowest BCUT2D eigenvalue weighted by Crippen LogP contribution is -2.43. The van der Waals surface area contributed by atoms with Crippen molar-refractivity contribution in [2.75, 3.05) is 18.4 Å². The van der Waals surface area contributed by atoms with E-state index in [1.54, 1.807) is 18.3 Å². The van der Waals surface area contributed by atoms with Gasteiger partial charge in [-0.25, -0.2) is 14.6 Å². The molecule has 1 aliphatic heterocycles. The van der Waals surface area contributed by atoms with E-state index >= 15 is 0 Å². The molecule has 2 rings (SSSR count). The number of ether oxygens (including phenoxy) is 1. The zero-order valence-corrected chi connectivity index (χ0v) is 10.4. The lowest BCUT2D eigenvalue weighted by molar-refractivity contribution is 0.103. The Balaban J connectivity index is 1.89. The highest BCUT2D eigenvalue weighted by atomic mass is 79.9. The van der Waals surface area contributed by atoms with Crippen LogP contribution < -0.4 is 5.32 Å². The third-order valence-corrected chi connectivity index (χ3v) is 2.92. The largest absolute Gasteiger partial charge is 0.420 e. The van der Waals surface area contributed by atoms with Crippen LogP contribution in [0.4, 0.5) is 15.3 Å². The molecule has 1 N–H and O–H groups in total. The fourth-order valence-electron chi connectivity index (χ4n) is 1.26. The number of hydrogen-bond donors (Lipinski definition) is 1. The Hall–Kier alpha value is -1.63. The van der Waals surface area contributed by atoms with Crippen molar-refractivity contribution in [3.8, 4) is 0 Å². The first-order chi connectivity index (χ1) is 8.16. The minimum atomic E-state index is -0.810. The molecule has 1 saturated heterocycles. The average molecular weight is 300 g/mol. The summed E-state index contributed by atoms with van der Waals surface area (Å²) in [6.07, 6.45) is 1.10. The summed E-state index contributed by atoms with van der Waals surface area (Å²) in [5.74, 6) is 0. The second kappa shape index (κ2) is 5.13. The van der Waals surface area contributed by atoms with Gasteiger partial charge in [-0.05, 0) is 34.5 Å². The molecule has 90 valence electrons. The number of aromatic nitrogens is 1. The number of likely N-dealkylation sites (tertiary alicyclic amines) is 1. The maximum Gasteiger partial charge on any atom is 0.420 e. The lowest BCUT2D eigenvalue weighted by Gasteiger charge is -2.29. The van der Waals surface area contributed by atoms with Gasteiger partial charge in [-0.2, -0.15) is 0 Å². The Kier molecular flexibility index (Phi) is 3.58. The number of carbonyl (C=O) groups is 2. The zero-order chi connectivity index (χ0) is 12.3. The van der Waals surface area contributed by atoms with Gasteiger partial charge in [0.2, 0.25) is 0 Å². The molecular formula is C10H10BrN3O3. The number of carbonyl (C=O) groups excluding carboxylic acids is 2. The molecule has 6 nitrogen and oxygen atoms in total. The summed E-state index contributed by atoms with van der Waals surface area (Å²) >= 11 is 3.17. The number of anilines is 1. The third-order valence-electron chi connectivity index (χ3n) is 2.29. The number of pyridine rings is 1. The van der Waals surface area contributed by atoms with Gasteiger partial charge in [-0.15, -0.1) is 0 Å². The molecule has 0 saturated carbocycles. The summed E-state index contributed by atoms with van der Waals surface area (Å²) in [7, 11) is 0. The van der Waals surface area contributed by atoms with Gasteiger partial charge in [0, 0.05) is 19.3 Å². The molecule has 1 fully saturated rings. The summed E-state index contributed by atoms with van der Waals surface area (Å²) in [5.41, 5.74) is 0.453. The van der Waals surface area contributed by atoms with Crippen LogP contribution in [0.3, 0.4) is 0 Å². The van der Waals surface area contributed by atoms with Gasteiger partial charge in [-0.3, -0.25) is 5.32 Å². The Morgan fingerprint density at radius 3 is 2.82 bits per heavy atom. The van der Waals surface area contributed by atoms with Crippen molar-refractivity contribution in [1.82, 2.24) is 9.88 Å². The highest BCUT2D eigenvalue weighted by molar-refractivity contribution is 9.10. The third kappa shape index (κ3) is 2.94. The van der Waals surface area contributed by atoms with Gasteiger partial charge in [-0.1, -0.05) is 0 Å². The fourth-order valence-corrected chi connectivity index (χ4v) is 1.61. The van der Waals surface area contributed by atoms with Gasteiger partial charge in [0.05, 0.1) is 5.69 Å². The molecule has 17 heavy (non-hydrogen) atoms. The molecule has 1 aliphatic rings. The maximum absolute atomic E-state index is 11.4. The van der Waals surface area contributed by atoms with Crippen LogP contribution >= 0.6 is 15.9 Å². The van der Waals surface area contributed by atoms with Crippen LogP contribution in [0.25, 0.3) is 0 Å². The number of hydrogen-bond acceptors (Lipinski definition) is 4. The van der Waals surface area contributed by atoms with Crippen molar-refractivity contribution in [3.63, 3.8) is 0 Å². The Bertz CT molecular complexity index is 448. The summed E-state index contributed by atoms with van der Waals surface area (Å²) in [6, 6.07) is 3.31. The van der Waals surface area contributed by atoms with E-state index in [1.807, 2.05) is 0 Å². The summed E-state index contributed by atoms with van der Waals surface area (Å²) in [5, 5.41) is 2.43. The normalized spacial score (nSPS) is 13.8.